The summed E-state index contributed by atoms with van der Waals surface area (Å²) in [4.78, 5) is 22.1. The molecule has 2 aromatic carbocycles. The number of ether oxygens (including phenoxy) is 1. The fraction of sp³-hybridized carbons (Fsp3) is 0.188. The van der Waals surface area contributed by atoms with E-state index in [1.165, 1.54) is 24.3 Å². The molecular formula is C16H15NO4. The zero-order valence-electron chi connectivity index (χ0n) is 11.8. The van der Waals surface area contributed by atoms with Gasteiger partial charge < -0.3 is 4.74 Å². The van der Waals surface area contributed by atoms with E-state index in [0.717, 1.165) is 11.1 Å². The molecule has 0 saturated carbocycles. The van der Waals surface area contributed by atoms with Gasteiger partial charge in [-0.15, -0.1) is 0 Å². The van der Waals surface area contributed by atoms with Crippen LogP contribution in [0.1, 0.15) is 21.5 Å². The van der Waals surface area contributed by atoms with Crippen LogP contribution in [0.4, 0.5) is 5.69 Å². The van der Waals surface area contributed by atoms with Crippen molar-refractivity contribution in [2.24, 2.45) is 0 Å². The van der Waals surface area contributed by atoms with Crippen molar-refractivity contribution in [3.63, 3.8) is 0 Å². The third-order valence-corrected chi connectivity index (χ3v) is 3.31. The number of nitrogens with zero attached hydrogens (tertiary/aromatic N) is 1. The summed E-state index contributed by atoms with van der Waals surface area (Å²) in [5.74, 6) is 0.455. The lowest BCUT2D eigenvalue weighted by atomic mass is 10.1. The van der Waals surface area contributed by atoms with Gasteiger partial charge in [-0.25, -0.2) is 0 Å². The number of ketones is 1. The summed E-state index contributed by atoms with van der Waals surface area (Å²) >= 11 is 0. The molecule has 0 amide bonds. The van der Waals surface area contributed by atoms with Gasteiger partial charge in [0, 0.05) is 17.7 Å². The van der Waals surface area contributed by atoms with E-state index in [-0.39, 0.29) is 18.1 Å². The molecule has 0 aliphatic heterocycles. The molecule has 21 heavy (non-hydrogen) atoms. The normalized spacial score (nSPS) is 10.2. The summed E-state index contributed by atoms with van der Waals surface area (Å²) < 4.78 is 5.53. The Morgan fingerprint density at radius 1 is 1.14 bits per heavy atom. The molecule has 0 aromatic heterocycles. The summed E-state index contributed by atoms with van der Waals surface area (Å²) in [6.45, 7) is 3.81. The molecule has 0 N–H and O–H groups in total. The van der Waals surface area contributed by atoms with Gasteiger partial charge in [0.2, 0.25) is 0 Å². The van der Waals surface area contributed by atoms with Gasteiger partial charge in [0.1, 0.15) is 5.75 Å². The van der Waals surface area contributed by atoms with Crippen LogP contribution in [-0.2, 0) is 0 Å². The van der Waals surface area contributed by atoms with Gasteiger partial charge in [0.05, 0.1) is 4.92 Å². The predicted octanol–water partition coefficient (Wildman–Crippen LogP) is 3.47. The van der Waals surface area contributed by atoms with Crippen molar-refractivity contribution in [1.82, 2.24) is 0 Å². The average Bonchev–Trinajstić information content (AvgIpc) is 2.48. The molecule has 0 radical (unpaired) electrons. The second-order valence-corrected chi connectivity index (χ2v) is 4.71. The van der Waals surface area contributed by atoms with Crippen molar-refractivity contribution in [1.29, 1.82) is 0 Å². The number of carbonyl (C=O) groups is 1. The number of nitro benzene ring substituents is 1. The molecule has 0 unspecified atom stereocenters. The maximum atomic E-state index is 12.0. The first-order valence-corrected chi connectivity index (χ1v) is 6.45. The lowest BCUT2D eigenvalue weighted by molar-refractivity contribution is -0.384. The Labute approximate surface area is 122 Å². The molecule has 108 valence electrons. The van der Waals surface area contributed by atoms with E-state index < -0.39 is 4.92 Å². The fourth-order valence-electron chi connectivity index (χ4n) is 1.88. The van der Waals surface area contributed by atoms with Crippen molar-refractivity contribution in [2.45, 2.75) is 13.8 Å². The van der Waals surface area contributed by atoms with E-state index in [9.17, 15) is 14.9 Å². The molecule has 0 bridgehead atoms. The van der Waals surface area contributed by atoms with Crippen LogP contribution in [-0.4, -0.2) is 17.3 Å². The first-order valence-electron chi connectivity index (χ1n) is 6.45. The Morgan fingerprint density at radius 2 is 1.81 bits per heavy atom. The Kier molecular flexibility index (Phi) is 4.33. The van der Waals surface area contributed by atoms with Gasteiger partial charge in [-0.1, -0.05) is 12.1 Å². The summed E-state index contributed by atoms with van der Waals surface area (Å²) in [6.07, 6.45) is 0. The third kappa shape index (κ3) is 3.45. The Balaban J connectivity index is 2.04. The highest BCUT2D eigenvalue weighted by atomic mass is 16.6. The first kappa shape index (κ1) is 14.7. The number of rotatable bonds is 5. The van der Waals surface area contributed by atoms with Crippen molar-refractivity contribution in [2.75, 3.05) is 6.61 Å². The molecule has 5 heteroatoms. The van der Waals surface area contributed by atoms with E-state index >= 15 is 0 Å². The maximum Gasteiger partial charge on any atom is 0.269 e. The number of non-ortho nitro benzene ring substituents is 1. The molecule has 0 spiro atoms. The fourth-order valence-corrected chi connectivity index (χ4v) is 1.88. The molecule has 0 aliphatic carbocycles. The predicted molar refractivity (Wildman–Crippen MR) is 78.8 cm³/mol. The molecular weight excluding hydrogens is 270 g/mol. The lowest BCUT2D eigenvalue weighted by Gasteiger charge is -2.10. The summed E-state index contributed by atoms with van der Waals surface area (Å²) in [5.41, 5.74) is 2.44. The van der Waals surface area contributed by atoms with Crippen LogP contribution in [0.2, 0.25) is 0 Å². The second kappa shape index (κ2) is 6.17. The van der Waals surface area contributed by atoms with Crippen LogP contribution >= 0.6 is 0 Å². The Morgan fingerprint density at radius 3 is 2.43 bits per heavy atom. The smallest absolute Gasteiger partial charge is 0.269 e. The average molecular weight is 285 g/mol. The van der Waals surface area contributed by atoms with Gasteiger partial charge in [0.15, 0.2) is 12.4 Å². The van der Waals surface area contributed by atoms with E-state index in [1.54, 1.807) is 0 Å². The molecule has 0 aliphatic rings. The lowest BCUT2D eigenvalue weighted by Crippen LogP contribution is -2.12. The maximum absolute atomic E-state index is 12.0. The number of hydrogen-bond acceptors (Lipinski definition) is 4. The molecule has 2 rings (SSSR count). The van der Waals surface area contributed by atoms with E-state index in [1.807, 2.05) is 32.0 Å². The zero-order chi connectivity index (χ0) is 15.4. The molecule has 2 aromatic rings. The van der Waals surface area contributed by atoms with Gasteiger partial charge in [-0.3, -0.25) is 14.9 Å². The molecule has 0 fully saturated rings. The standard InChI is InChI=1S/C16H15NO4/c1-11-4-3-5-16(12(11)2)21-10-15(18)13-6-8-14(9-7-13)17(19)20/h3-9H,10H2,1-2H3. The minimum Gasteiger partial charge on any atom is -0.485 e. The molecule has 0 heterocycles. The SMILES string of the molecule is Cc1cccc(OCC(=O)c2ccc([N+](=O)[O-])cc2)c1C. The number of carbonyl (C=O) groups excluding carboxylic acids is 1. The minimum atomic E-state index is -0.499. The van der Waals surface area contributed by atoms with Crippen LogP contribution in [0.3, 0.4) is 0 Å². The highest BCUT2D eigenvalue weighted by molar-refractivity contribution is 5.97. The van der Waals surface area contributed by atoms with Crippen LogP contribution in [0.15, 0.2) is 42.5 Å². The van der Waals surface area contributed by atoms with Gasteiger partial charge in [-0.2, -0.15) is 0 Å². The third-order valence-electron chi connectivity index (χ3n) is 3.31. The van der Waals surface area contributed by atoms with Crippen LogP contribution in [0.25, 0.3) is 0 Å². The number of nitro groups is 1. The first-order chi connectivity index (χ1) is 9.99. The minimum absolute atomic E-state index is 0.0398. The zero-order valence-corrected chi connectivity index (χ0v) is 11.8. The van der Waals surface area contributed by atoms with Crippen molar-refractivity contribution in [3.8, 4) is 5.75 Å². The molecule has 0 saturated heterocycles. The summed E-state index contributed by atoms with van der Waals surface area (Å²) in [6, 6.07) is 11.1. The molecule has 0 atom stereocenters. The van der Waals surface area contributed by atoms with Gasteiger partial charge in [0.25, 0.3) is 5.69 Å². The van der Waals surface area contributed by atoms with Crippen molar-refractivity contribution < 1.29 is 14.5 Å². The second-order valence-electron chi connectivity index (χ2n) is 4.71. The van der Waals surface area contributed by atoms with E-state index in [4.69, 9.17) is 4.74 Å². The topological polar surface area (TPSA) is 69.4 Å². The van der Waals surface area contributed by atoms with E-state index in [2.05, 4.69) is 0 Å². The van der Waals surface area contributed by atoms with Crippen LogP contribution < -0.4 is 4.74 Å². The largest absolute Gasteiger partial charge is 0.485 e. The highest BCUT2D eigenvalue weighted by Crippen LogP contribution is 2.21. The van der Waals surface area contributed by atoms with Crippen LogP contribution in [0, 0.1) is 24.0 Å². The number of Topliss-reactive ketones (excluding diaryl/α,β-unsaturated/α-hetero) is 1. The van der Waals surface area contributed by atoms with Crippen molar-refractivity contribution in [3.05, 3.63) is 69.3 Å². The van der Waals surface area contributed by atoms with Crippen molar-refractivity contribution >= 4 is 11.5 Å². The highest BCUT2D eigenvalue weighted by Gasteiger charge is 2.11. The van der Waals surface area contributed by atoms with E-state index in [0.29, 0.717) is 11.3 Å². The number of aryl methyl sites for hydroxylation is 1. The monoisotopic (exact) mass is 285 g/mol. The summed E-state index contributed by atoms with van der Waals surface area (Å²) in [5, 5.41) is 10.6. The van der Waals surface area contributed by atoms with Gasteiger partial charge >= 0.3 is 0 Å². The van der Waals surface area contributed by atoms with Gasteiger partial charge in [-0.05, 0) is 43.2 Å². The number of hydrogen-bond donors (Lipinski definition) is 0. The molecule has 5 nitrogen and oxygen atoms in total. The quantitative estimate of drug-likeness (QED) is 0.479. The number of benzene rings is 2. The summed E-state index contributed by atoms with van der Waals surface area (Å²) in [7, 11) is 0. The Bertz CT molecular complexity index is 677. The Hall–Kier alpha value is -2.69. The van der Waals surface area contributed by atoms with Crippen LogP contribution in [0.5, 0.6) is 5.75 Å².